The third kappa shape index (κ3) is 3.75. The molecule has 2 atom stereocenters. The molecule has 6 nitrogen and oxygen atoms in total. The molecule has 0 aliphatic carbocycles. The molecule has 1 aromatic heterocycles. The normalized spacial score (nSPS) is 20.9. The zero-order chi connectivity index (χ0) is 23.2. The van der Waals surface area contributed by atoms with Crippen LogP contribution in [0.3, 0.4) is 0 Å². The summed E-state index contributed by atoms with van der Waals surface area (Å²) < 4.78 is 30.1. The van der Waals surface area contributed by atoms with Crippen molar-refractivity contribution in [3.05, 3.63) is 83.9 Å². The monoisotopic (exact) mass is 461 g/mol. The smallest absolute Gasteiger partial charge is 0.243 e. The van der Waals surface area contributed by atoms with Crippen LogP contribution in [0.2, 0.25) is 0 Å². The third-order valence-electron chi connectivity index (χ3n) is 6.81. The maximum atomic E-state index is 13.6. The van der Waals surface area contributed by atoms with Gasteiger partial charge in [-0.3, -0.25) is 4.79 Å². The summed E-state index contributed by atoms with van der Waals surface area (Å²) in [4.78, 5) is 18.1. The summed E-state index contributed by atoms with van der Waals surface area (Å²) in [6.07, 6.45) is 5.06. The molecule has 0 saturated carbocycles. The lowest BCUT2D eigenvalue weighted by molar-refractivity contribution is -0.122. The van der Waals surface area contributed by atoms with Gasteiger partial charge in [-0.05, 0) is 55.5 Å². The SMILES string of the molecule is CC1=C(c2ccccc2)C(CC(=O)C2CCCN2S(=O)(=O)c2ccc(C)cc2)n2cncc21. The molecule has 2 unspecified atom stereocenters. The van der Waals surface area contributed by atoms with Gasteiger partial charge in [-0.15, -0.1) is 0 Å². The van der Waals surface area contributed by atoms with E-state index in [1.807, 2.05) is 35.9 Å². The second-order valence-corrected chi connectivity index (χ2v) is 10.8. The molecule has 7 heteroatoms. The van der Waals surface area contributed by atoms with Crippen LogP contribution in [0.1, 0.15) is 49.0 Å². The number of hydrogen-bond acceptors (Lipinski definition) is 4. The van der Waals surface area contributed by atoms with Gasteiger partial charge in [0, 0.05) is 13.0 Å². The first-order valence-electron chi connectivity index (χ1n) is 11.3. The number of carbonyl (C=O) groups excluding carboxylic acids is 1. The van der Waals surface area contributed by atoms with E-state index in [0.29, 0.717) is 19.4 Å². The Labute approximate surface area is 194 Å². The second-order valence-electron chi connectivity index (χ2n) is 8.86. The average Bonchev–Trinajstić information content (AvgIpc) is 3.53. The van der Waals surface area contributed by atoms with Gasteiger partial charge in [0.1, 0.15) is 0 Å². The molecule has 2 aliphatic heterocycles. The molecule has 170 valence electrons. The number of allylic oxidation sites excluding steroid dienone is 2. The Balaban J connectivity index is 1.44. The summed E-state index contributed by atoms with van der Waals surface area (Å²) in [5.41, 5.74) is 5.28. The van der Waals surface area contributed by atoms with Crippen molar-refractivity contribution in [3.63, 3.8) is 0 Å². The average molecular weight is 462 g/mol. The lowest BCUT2D eigenvalue weighted by Gasteiger charge is -2.25. The van der Waals surface area contributed by atoms with Crippen LogP contribution >= 0.6 is 0 Å². The van der Waals surface area contributed by atoms with Crippen molar-refractivity contribution in [3.8, 4) is 0 Å². The van der Waals surface area contributed by atoms with Crippen LogP contribution in [0, 0.1) is 6.92 Å². The molecule has 33 heavy (non-hydrogen) atoms. The van der Waals surface area contributed by atoms with Gasteiger partial charge in [0.2, 0.25) is 10.0 Å². The molecule has 2 aliphatic rings. The number of sulfonamides is 1. The van der Waals surface area contributed by atoms with E-state index in [4.69, 9.17) is 0 Å². The van der Waals surface area contributed by atoms with E-state index in [0.717, 1.165) is 28.0 Å². The van der Waals surface area contributed by atoms with Crippen LogP contribution in [-0.4, -0.2) is 40.6 Å². The van der Waals surface area contributed by atoms with Crippen molar-refractivity contribution < 1.29 is 13.2 Å². The molecule has 1 saturated heterocycles. The number of benzene rings is 2. The predicted molar refractivity (Wildman–Crippen MR) is 128 cm³/mol. The number of imidazole rings is 1. The van der Waals surface area contributed by atoms with Gasteiger partial charge in [0.25, 0.3) is 0 Å². The van der Waals surface area contributed by atoms with E-state index in [1.165, 1.54) is 4.31 Å². The Morgan fingerprint density at radius 3 is 2.52 bits per heavy atom. The standard InChI is InChI=1S/C26H27N3O3S/c1-18-10-12-21(13-11-18)33(31,32)29-14-6-9-22(29)25(30)15-23-26(20-7-4-3-5-8-20)19(2)24-16-27-17-28(23)24/h3-5,7-8,10-13,16-17,22-23H,6,9,14-15H2,1-2H3. The first kappa shape index (κ1) is 21.8. The number of hydrogen-bond donors (Lipinski definition) is 0. The van der Waals surface area contributed by atoms with Gasteiger partial charge in [0.05, 0.1) is 35.2 Å². The van der Waals surface area contributed by atoms with E-state index in [9.17, 15) is 13.2 Å². The molecule has 3 heterocycles. The Morgan fingerprint density at radius 1 is 1.06 bits per heavy atom. The Hall–Kier alpha value is -3.03. The van der Waals surface area contributed by atoms with Crippen molar-refractivity contribution in [2.24, 2.45) is 0 Å². The minimum absolute atomic E-state index is 0.0454. The second kappa shape index (κ2) is 8.39. The number of carbonyl (C=O) groups is 1. The van der Waals surface area contributed by atoms with E-state index >= 15 is 0 Å². The van der Waals surface area contributed by atoms with Crippen molar-refractivity contribution in [2.75, 3.05) is 6.54 Å². The zero-order valence-electron chi connectivity index (χ0n) is 18.8. The number of ketones is 1. The maximum absolute atomic E-state index is 13.6. The van der Waals surface area contributed by atoms with Crippen LogP contribution in [-0.2, 0) is 14.8 Å². The number of aromatic nitrogens is 2. The highest BCUT2D eigenvalue weighted by atomic mass is 32.2. The first-order valence-corrected chi connectivity index (χ1v) is 12.7. The molecule has 0 amide bonds. The summed E-state index contributed by atoms with van der Waals surface area (Å²) in [5.74, 6) is -0.0454. The van der Waals surface area contributed by atoms with E-state index in [-0.39, 0.29) is 23.1 Å². The summed E-state index contributed by atoms with van der Waals surface area (Å²) >= 11 is 0. The third-order valence-corrected chi connectivity index (χ3v) is 8.73. The van der Waals surface area contributed by atoms with Crippen LogP contribution in [0.25, 0.3) is 11.1 Å². The quantitative estimate of drug-likeness (QED) is 0.542. The summed E-state index contributed by atoms with van der Waals surface area (Å²) in [6.45, 7) is 4.35. The van der Waals surface area contributed by atoms with Crippen molar-refractivity contribution >= 4 is 27.0 Å². The number of nitrogens with zero attached hydrogens (tertiary/aromatic N) is 3. The van der Waals surface area contributed by atoms with Crippen molar-refractivity contribution in [1.29, 1.82) is 0 Å². The molecular weight excluding hydrogens is 434 g/mol. The lowest BCUT2D eigenvalue weighted by atomic mass is 9.91. The topological polar surface area (TPSA) is 72.3 Å². The fourth-order valence-electron chi connectivity index (χ4n) is 5.12. The highest BCUT2D eigenvalue weighted by molar-refractivity contribution is 7.89. The fraction of sp³-hybridized carbons (Fsp3) is 0.308. The first-order chi connectivity index (χ1) is 15.9. The summed E-state index contributed by atoms with van der Waals surface area (Å²) in [6, 6.07) is 16.1. The highest BCUT2D eigenvalue weighted by Gasteiger charge is 2.41. The van der Waals surface area contributed by atoms with Crippen LogP contribution in [0.4, 0.5) is 0 Å². The van der Waals surface area contributed by atoms with Crippen molar-refractivity contribution in [1.82, 2.24) is 13.9 Å². The minimum atomic E-state index is -3.73. The molecule has 5 rings (SSSR count). The van der Waals surface area contributed by atoms with E-state index < -0.39 is 16.1 Å². The Kier molecular flexibility index (Phi) is 5.54. The molecule has 3 aromatic rings. The molecule has 1 fully saturated rings. The minimum Gasteiger partial charge on any atom is -0.323 e. The van der Waals surface area contributed by atoms with E-state index in [1.54, 1.807) is 30.6 Å². The fourth-order valence-corrected chi connectivity index (χ4v) is 6.80. The van der Waals surface area contributed by atoms with Gasteiger partial charge < -0.3 is 4.57 Å². The summed E-state index contributed by atoms with van der Waals surface area (Å²) in [5, 5.41) is 0. The van der Waals surface area contributed by atoms with Crippen molar-refractivity contribution in [2.45, 2.75) is 50.1 Å². The zero-order valence-corrected chi connectivity index (χ0v) is 19.6. The number of rotatable bonds is 6. The molecule has 0 radical (unpaired) electrons. The lowest BCUT2D eigenvalue weighted by Crippen LogP contribution is -2.41. The van der Waals surface area contributed by atoms with Gasteiger partial charge >= 0.3 is 0 Å². The molecular formula is C26H27N3O3S. The Morgan fingerprint density at radius 2 is 1.79 bits per heavy atom. The largest absolute Gasteiger partial charge is 0.323 e. The molecule has 0 N–H and O–H groups in total. The number of Topliss-reactive ketones (excluding diaryl/α,β-unsaturated/α-hetero) is 1. The number of aryl methyl sites for hydroxylation is 1. The number of fused-ring (bicyclic) bond motifs is 1. The predicted octanol–water partition coefficient (Wildman–Crippen LogP) is 4.49. The molecule has 0 spiro atoms. The van der Waals surface area contributed by atoms with Gasteiger partial charge in [-0.2, -0.15) is 4.31 Å². The van der Waals surface area contributed by atoms with Crippen LogP contribution in [0.5, 0.6) is 0 Å². The Bertz CT molecular complexity index is 1320. The van der Waals surface area contributed by atoms with Gasteiger partial charge in [-0.1, -0.05) is 48.0 Å². The maximum Gasteiger partial charge on any atom is 0.243 e. The van der Waals surface area contributed by atoms with Crippen LogP contribution < -0.4 is 0 Å². The van der Waals surface area contributed by atoms with Gasteiger partial charge in [0.15, 0.2) is 5.78 Å². The van der Waals surface area contributed by atoms with Crippen LogP contribution in [0.15, 0.2) is 72.0 Å². The molecule has 0 bridgehead atoms. The van der Waals surface area contributed by atoms with E-state index in [2.05, 4.69) is 24.0 Å². The summed E-state index contributed by atoms with van der Waals surface area (Å²) in [7, 11) is -3.73. The van der Waals surface area contributed by atoms with Gasteiger partial charge in [-0.25, -0.2) is 13.4 Å². The highest BCUT2D eigenvalue weighted by Crippen LogP contribution is 2.44. The molecule has 2 aromatic carbocycles.